The second-order valence-corrected chi connectivity index (χ2v) is 7.98. The maximum absolute atomic E-state index is 12.5. The van der Waals surface area contributed by atoms with Crippen molar-refractivity contribution in [1.29, 1.82) is 0 Å². The van der Waals surface area contributed by atoms with Gasteiger partial charge in [0.2, 0.25) is 11.8 Å². The zero-order chi connectivity index (χ0) is 17.5. The van der Waals surface area contributed by atoms with Gasteiger partial charge in [-0.05, 0) is 12.3 Å². The fourth-order valence-electron chi connectivity index (χ4n) is 2.17. The number of allylic oxidation sites excluding steroid dienone is 3. The van der Waals surface area contributed by atoms with Crippen molar-refractivity contribution in [2.75, 3.05) is 14.1 Å². The van der Waals surface area contributed by atoms with Crippen molar-refractivity contribution in [3.8, 4) is 0 Å². The summed E-state index contributed by atoms with van der Waals surface area (Å²) in [6.45, 7) is 11.3. The number of hydrogen-bond donors (Lipinski definition) is 1. The summed E-state index contributed by atoms with van der Waals surface area (Å²) in [6.07, 6.45) is 6.51. The Morgan fingerprint density at radius 2 is 1.91 bits per heavy atom. The Labute approximate surface area is 148 Å². The van der Waals surface area contributed by atoms with E-state index in [0.29, 0.717) is 0 Å². The standard InChI is InChI=1S/C17H29IN2O2/c1-8-9-10-11-12(2)13(18)14(15(21)19-6)20(7)16(22)17(3,4)5/h8-10,12-14H,1,11H2,2-7H3,(H,19,21)/b10-9+/t12-,13-,14+/m1/s1. The molecule has 0 heterocycles. The minimum atomic E-state index is -0.511. The van der Waals surface area contributed by atoms with Crippen LogP contribution in [0.15, 0.2) is 24.8 Å². The van der Waals surface area contributed by atoms with Gasteiger partial charge in [-0.1, -0.05) is 75.1 Å². The molecule has 0 rings (SSSR count). The second-order valence-electron chi connectivity index (χ2n) is 6.55. The normalized spacial score (nSPS) is 16.0. The highest BCUT2D eigenvalue weighted by atomic mass is 127. The van der Waals surface area contributed by atoms with Crippen molar-refractivity contribution in [3.63, 3.8) is 0 Å². The first-order chi connectivity index (χ1) is 10.1. The Morgan fingerprint density at radius 3 is 2.32 bits per heavy atom. The molecule has 126 valence electrons. The van der Waals surface area contributed by atoms with E-state index < -0.39 is 11.5 Å². The van der Waals surface area contributed by atoms with Gasteiger partial charge in [-0.25, -0.2) is 0 Å². The number of hydrogen-bond acceptors (Lipinski definition) is 2. The molecular weight excluding hydrogens is 391 g/mol. The van der Waals surface area contributed by atoms with Gasteiger partial charge in [0.05, 0.1) is 0 Å². The molecule has 0 unspecified atom stereocenters. The quantitative estimate of drug-likeness (QED) is 0.391. The fourth-order valence-corrected chi connectivity index (χ4v) is 3.27. The van der Waals surface area contributed by atoms with E-state index in [2.05, 4.69) is 41.4 Å². The summed E-state index contributed by atoms with van der Waals surface area (Å²) in [5, 5.41) is 2.68. The van der Waals surface area contributed by atoms with E-state index in [1.165, 1.54) is 0 Å². The summed E-state index contributed by atoms with van der Waals surface area (Å²) in [5.74, 6) is 0.102. The lowest BCUT2D eigenvalue weighted by Gasteiger charge is -2.36. The average molecular weight is 420 g/mol. The molecule has 1 N–H and O–H groups in total. The smallest absolute Gasteiger partial charge is 0.243 e. The zero-order valence-corrected chi connectivity index (χ0v) is 16.7. The molecule has 0 saturated heterocycles. The van der Waals surface area contributed by atoms with E-state index in [1.54, 1.807) is 25.1 Å². The number of rotatable bonds is 7. The zero-order valence-electron chi connectivity index (χ0n) is 14.5. The van der Waals surface area contributed by atoms with Crippen LogP contribution in [0.1, 0.15) is 34.1 Å². The lowest BCUT2D eigenvalue weighted by atomic mass is 9.91. The largest absolute Gasteiger partial charge is 0.357 e. The number of nitrogens with zero attached hydrogens (tertiary/aromatic N) is 1. The van der Waals surface area contributed by atoms with Crippen LogP contribution < -0.4 is 5.32 Å². The lowest BCUT2D eigenvalue weighted by Crippen LogP contribution is -2.55. The molecule has 0 saturated carbocycles. The Morgan fingerprint density at radius 1 is 1.36 bits per heavy atom. The highest BCUT2D eigenvalue weighted by molar-refractivity contribution is 14.1. The summed E-state index contributed by atoms with van der Waals surface area (Å²) in [6, 6.07) is -0.482. The molecule has 0 spiro atoms. The number of carbonyl (C=O) groups is 2. The lowest BCUT2D eigenvalue weighted by molar-refractivity contribution is -0.145. The van der Waals surface area contributed by atoms with Crippen LogP contribution in [0.5, 0.6) is 0 Å². The summed E-state index contributed by atoms with van der Waals surface area (Å²) in [7, 11) is 3.32. The molecule has 0 radical (unpaired) electrons. The highest BCUT2D eigenvalue weighted by Crippen LogP contribution is 2.27. The summed E-state index contributed by atoms with van der Waals surface area (Å²) in [5.41, 5.74) is -0.511. The fraction of sp³-hybridized carbons (Fsp3) is 0.647. The van der Waals surface area contributed by atoms with Crippen LogP contribution in [0, 0.1) is 11.3 Å². The van der Waals surface area contributed by atoms with Gasteiger partial charge in [-0.2, -0.15) is 0 Å². The molecule has 0 aromatic rings. The van der Waals surface area contributed by atoms with Crippen molar-refractivity contribution in [3.05, 3.63) is 24.8 Å². The average Bonchev–Trinajstić information content (AvgIpc) is 2.45. The van der Waals surface area contributed by atoms with E-state index in [1.807, 2.05) is 32.9 Å². The first kappa shape index (κ1) is 21.1. The second kappa shape index (κ2) is 9.33. The minimum Gasteiger partial charge on any atom is -0.357 e. The number of amides is 2. The van der Waals surface area contributed by atoms with Gasteiger partial charge >= 0.3 is 0 Å². The molecular formula is C17H29IN2O2. The molecule has 3 atom stereocenters. The van der Waals surface area contributed by atoms with Crippen LogP contribution >= 0.6 is 22.6 Å². The minimum absolute atomic E-state index is 0.0170. The third-order valence-electron chi connectivity index (χ3n) is 3.52. The van der Waals surface area contributed by atoms with Gasteiger partial charge in [0.1, 0.15) is 6.04 Å². The van der Waals surface area contributed by atoms with E-state index in [0.717, 1.165) is 6.42 Å². The Kier molecular flexibility index (Phi) is 8.96. The number of nitrogens with one attached hydrogen (secondary N) is 1. The summed E-state index contributed by atoms with van der Waals surface area (Å²) < 4.78 is 0.0170. The van der Waals surface area contributed by atoms with Crippen LogP contribution in [-0.2, 0) is 9.59 Å². The van der Waals surface area contributed by atoms with Crippen LogP contribution in [-0.4, -0.2) is 40.8 Å². The van der Waals surface area contributed by atoms with E-state index in [-0.39, 0.29) is 21.7 Å². The molecule has 0 aliphatic heterocycles. The van der Waals surface area contributed by atoms with Gasteiger partial charge in [0, 0.05) is 23.4 Å². The number of alkyl halides is 1. The molecule has 2 amide bonds. The molecule has 4 nitrogen and oxygen atoms in total. The van der Waals surface area contributed by atoms with Crippen LogP contribution in [0.4, 0.5) is 0 Å². The summed E-state index contributed by atoms with van der Waals surface area (Å²) in [4.78, 5) is 26.4. The Bertz CT molecular complexity index is 427. The van der Waals surface area contributed by atoms with Gasteiger partial charge in [-0.3, -0.25) is 9.59 Å². The van der Waals surface area contributed by atoms with Gasteiger partial charge < -0.3 is 10.2 Å². The van der Waals surface area contributed by atoms with E-state index >= 15 is 0 Å². The van der Waals surface area contributed by atoms with Crippen molar-refractivity contribution in [2.24, 2.45) is 11.3 Å². The third-order valence-corrected chi connectivity index (χ3v) is 5.43. The first-order valence-corrected chi connectivity index (χ1v) is 8.73. The summed E-state index contributed by atoms with van der Waals surface area (Å²) >= 11 is 2.28. The maximum atomic E-state index is 12.5. The molecule has 0 aromatic carbocycles. The van der Waals surface area contributed by atoms with E-state index in [4.69, 9.17) is 0 Å². The molecule has 0 aromatic heterocycles. The van der Waals surface area contributed by atoms with Crippen LogP contribution in [0.25, 0.3) is 0 Å². The van der Waals surface area contributed by atoms with Crippen molar-refractivity contribution < 1.29 is 9.59 Å². The van der Waals surface area contributed by atoms with Crippen LogP contribution in [0.3, 0.4) is 0 Å². The van der Waals surface area contributed by atoms with E-state index in [9.17, 15) is 9.59 Å². The highest BCUT2D eigenvalue weighted by Gasteiger charge is 2.38. The maximum Gasteiger partial charge on any atom is 0.243 e. The third kappa shape index (κ3) is 6.10. The number of carbonyl (C=O) groups excluding carboxylic acids is 2. The predicted molar refractivity (Wildman–Crippen MR) is 101 cm³/mol. The monoisotopic (exact) mass is 420 g/mol. The van der Waals surface area contributed by atoms with Gasteiger partial charge in [0.15, 0.2) is 0 Å². The van der Waals surface area contributed by atoms with Crippen molar-refractivity contribution in [1.82, 2.24) is 10.2 Å². The number of likely N-dealkylation sites (N-methyl/N-ethyl adjacent to an activating group) is 2. The topological polar surface area (TPSA) is 49.4 Å². The molecule has 22 heavy (non-hydrogen) atoms. The SMILES string of the molecule is C=C/C=C/C[C@@H](C)[C@@H](I)[C@@H](C(=O)NC)N(C)C(=O)C(C)(C)C. The Hall–Kier alpha value is -0.850. The first-order valence-electron chi connectivity index (χ1n) is 7.48. The van der Waals surface area contributed by atoms with Gasteiger partial charge in [-0.15, -0.1) is 0 Å². The van der Waals surface area contributed by atoms with Crippen molar-refractivity contribution >= 4 is 34.4 Å². The molecule has 0 fully saturated rings. The molecule has 5 heteroatoms. The molecule has 0 aliphatic rings. The predicted octanol–water partition coefficient (Wildman–Crippen LogP) is 3.18. The van der Waals surface area contributed by atoms with Gasteiger partial charge in [0.25, 0.3) is 0 Å². The number of halogens is 1. The van der Waals surface area contributed by atoms with Crippen LogP contribution in [0.2, 0.25) is 0 Å². The Balaban J connectivity index is 5.28. The van der Waals surface area contributed by atoms with Crippen molar-refractivity contribution in [2.45, 2.75) is 44.1 Å². The molecule has 0 aliphatic carbocycles. The molecule has 0 bridgehead atoms.